The molecule has 2 heterocycles. The third kappa shape index (κ3) is 6.04. The van der Waals surface area contributed by atoms with Gasteiger partial charge in [-0.05, 0) is 50.7 Å². The van der Waals surface area contributed by atoms with Crippen molar-refractivity contribution in [1.82, 2.24) is 9.80 Å². The second-order valence-electron chi connectivity index (χ2n) is 8.79. The van der Waals surface area contributed by atoms with Crippen molar-refractivity contribution in [3.8, 4) is 17.2 Å². The maximum Gasteiger partial charge on any atom is 0.222 e. The first-order valence-corrected chi connectivity index (χ1v) is 11.4. The van der Waals surface area contributed by atoms with Crippen LogP contribution in [0.2, 0.25) is 0 Å². The van der Waals surface area contributed by atoms with E-state index in [1.165, 1.54) is 0 Å². The van der Waals surface area contributed by atoms with Gasteiger partial charge in [0.05, 0.1) is 33.5 Å². The average Bonchev–Trinajstić information content (AvgIpc) is 2.76. The summed E-state index contributed by atoms with van der Waals surface area (Å²) in [5.74, 6) is 2.71. The Morgan fingerprint density at radius 1 is 1.00 bits per heavy atom. The SMILES string of the molecule is COc1ccc(CCC(=O)N2CCC(CN3CC(C)OC(C)C3)CC2)c(OC)c1OC. The Morgan fingerprint density at radius 3 is 2.23 bits per heavy atom. The molecule has 0 saturated carbocycles. The average molecular weight is 435 g/mol. The number of carbonyl (C=O) groups excluding carboxylic acids is 1. The van der Waals surface area contributed by atoms with Gasteiger partial charge in [-0.2, -0.15) is 0 Å². The first-order valence-electron chi connectivity index (χ1n) is 11.4. The van der Waals surface area contributed by atoms with Crippen LogP contribution in [0.15, 0.2) is 12.1 Å². The molecule has 0 N–H and O–H groups in total. The number of methoxy groups -OCH3 is 3. The van der Waals surface area contributed by atoms with E-state index in [-0.39, 0.29) is 5.91 Å². The molecule has 1 aromatic carbocycles. The minimum Gasteiger partial charge on any atom is -0.493 e. The van der Waals surface area contributed by atoms with E-state index in [9.17, 15) is 4.79 Å². The van der Waals surface area contributed by atoms with Crippen LogP contribution in [0, 0.1) is 5.92 Å². The van der Waals surface area contributed by atoms with Crippen molar-refractivity contribution in [2.45, 2.75) is 51.7 Å². The molecule has 0 spiro atoms. The molecule has 1 aromatic rings. The summed E-state index contributed by atoms with van der Waals surface area (Å²) < 4.78 is 22.2. The third-order valence-corrected chi connectivity index (χ3v) is 6.37. The summed E-state index contributed by atoms with van der Waals surface area (Å²) in [6.45, 7) is 9.13. The molecule has 2 aliphatic heterocycles. The van der Waals surface area contributed by atoms with Gasteiger partial charge in [0.2, 0.25) is 11.7 Å². The lowest BCUT2D eigenvalue weighted by molar-refractivity contribution is -0.132. The van der Waals surface area contributed by atoms with Crippen LogP contribution < -0.4 is 14.2 Å². The molecule has 0 bridgehead atoms. The van der Waals surface area contributed by atoms with Gasteiger partial charge in [0.25, 0.3) is 0 Å². The van der Waals surface area contributed by atoms with E-state index >= 15 is 0 Å². The fourth-order valence-corrected chi connectivity index (χ4v) is 4.92. The van der Waals surface area contributed by atoms with Gasteiger partial charge >= 0.3 is 0 Å². The quantitative estimate of drug-likeness (QED) is 0.627. The third-order valence-electron chi connectivity index (χ3n) is 6.37. The molecule has 2 unspecified atom stereocenters. The zero-order valence-corrected chi connectivity index (χ0v) is 19.7. The van der Waals surface area contributed by atoms with Crippen molar-refractivity contribution in [2.75, 3.05) is 54.1 Å². The number of hydrogen-bond acceptors (Lipinski definition) is 6. The van der Waals surface area contributed by atoms with E-state index in [1.54, 1.807) is 21.3 Å². The molecular formula is C24H38N2O5. The Morgan fingerprint density at radius 2 is 1.65 bits per heavy atom. The lowest BCUT2D eigenvalue weighted by Crippen LogP contribution is -2.48. The number of benzene rings is 1. The molecule has 2 saturated heterocycles. The summed E-state index contributed by atoms with van der Waals surface area (Å²) in [4.78, 5) is 17.4. The molecule has 2 atom stereocenters. The summed E-state index contributed by atoms with van der Waals surface area (Å²) in [6.07, 6.45) is 3.84. The lowest BCUT2D eigenvalue weighted by atomic mass is 9.95. The topological polar surface area (TPSA) is 60.5 Å². The molecule has 2 fully saturated rings. The summed E-state index contributed by atoms with van der Waals surface area (Å²) in [5.41, 5.74) is 0.957. The minimum absolute atomic E-state index is 0.212. The zero-order valence-electron chi connectivity index (χ0n) is 19.7. The van der Waals surface area contributed by atoms with Crippen LogP contribution in [-0.2, 0) is 16.0 Å². The highest BCUT2D eigenvalue weighted by molar-refractivity contribution is 5.76. The Kier molecular flexibility index (Phi) is 8.43. The predicted molar refractivity (Wildman–Crippen MR) is 120 cm³/mol. The Bertz CT molecular complexity index is 723. The molecule has 0 aliphatic carbocycles. The van der Waals surface area contributed by atoms with Crippen molar-refractivity contribution < 1.29 is 23.7 Å². The number of rotatable bonds is 8. The van der Waals surface area contributed by atoms with Gasteiger partial charge in [-0.1, -0.05) is 6.07 Å². The Hall–Kier alpha value is -1.99. The first kappa shape index (κ1) is 23.7. The van der Waals surface area contributed by atoms with Crippen LogP contribution in [0.3, 0.4) is 0 Å². The number of morpholine rings is 1. The molecule has 3 rings (SSSR count). The largest absolute Gasteiger partial charge is 0.493 e. The van der Waals surface area contributed by atoms with Crippen molar-refractivity contribution in [3.63, 3.8) is 0 Å². The van der Waals surface area contributed by atoms with Crippen molar-refractivity contribution in [2.24, 2.45) is 5.92 Å². The fraction of sp³-hybridized carbons (Fsp3) is 0.708. The second-order valence-corrected chi connectivity index (χ2v) is 8.79. The smallest absolute Gasteiger partial charge is 0.222 e. The van der Waals surface area contributed by atoms with E-state index in [0.29, 0.717) is 48.2 Å². The molecule has 2 aliphatic rings. The highest BCUT2D eigenvalue weighted by Gasteiger charge is 2.28. The summed E-state index contributed by atoms with van der Waals surface area (Å²) in [7, 11) is 4.81. The Labute approximate surface area is 186 Å². The number of nitrogens with zero attached hydrogens (tertiary/aromatic N) is 2. The van der Waals surface area contributed by atoms with E-state index < -0.39 is 0 Å². The van der Waals surface area contributed by atoms with E-state index in [0.717, 1.165) is 51.1 Å². The van der Waals surface area contributed by atoms with Gasteiger partial charge in [0.1, 0.15) is 0 Å². The van der Waals surface area contributed by atoms with E-state index in [4.69, 9.17) is 18.9 Å². The summed E-state index contributed by atoms with van der Waals surface area (Å²) in [6, 6.07) is 3.81. The number of ether oxygens (including phenoxy) is 4. The van der Waals surface area contributed by atoms with Gasteiger partial charge < -0.3 is 23.8 Å². The standard InChI is InChI=1S/C24H38N2O5/c1-17-14-25(15-18(2)31-17)16-19-10-12-26(13-11-19)22(27)9-7-20-6-8-21(28-3)24(30-5)23(20)29-4/h6,8,17-19H,7,9-16H2,1-5H3. The van der Waals surface area contributed by atoms with Crippen LogP contribution in [0.1, 0.15) is 38.7 Å². The molecule has 7 nitrogen and oxygen atoms in total. The number of likely N-dealkylation sites (tertiary alicyclic amines) is 1. The van der Waals surface area contributed by atoms with Gasteiger partial charge in [0.15, 0.2) is 11.5 Å². The fourth-order valence-electron chi connectivity index (χ4n) is 4.92. The number of piperidine rings is 1. The zero-order chi connectivity index (χ0) is 22.4. The summed E-state index contributed by atoms with van der Waals surface area (Å²) in [5, 5.41) is 0. The van der Waals surface area contributed by atoms with Crippen molar-refractivity contribution >= 4 is 5.91 Å². The van der Waals surface area contributed by atoms with Gasteiger partial charge in [-0.25, -0.2) is 0 Å². The normalized spacial score (nSPS) is 22.9. The number of amides is 1. The maximum atomic E-state index is 12.8. The van der Waals surface area contributed by atoms with Crippen molar-refractivity contribution in [1.29, 1.82) is 0 Å². The number of carbonyl (C=O) groups is 1. The maximum absolute atomic E-state index is 12.8. The first-order chi connectivity index (χ1) is 14.9. The highest BCUT2D eigenvalue weighted by atomic mass is 16.5. The predicted octanol–water partition coefficient (Wildman–Crippen LogP) is 2.99. The molecule has 7 heteroatoms. The highest BCUT2D eigenvalue weighted by Crippen LogP contribution is 2.40. The van der Waals surface area contributed by atoms with Crippen LogP contribution in [0.25, 0.3) is 0 Å². The number of hydrogen-bond donors (Lipinski definition) is 0. The molecule has 31 heavy (non-hydrogen) atoms. The lowest BCUT2D eigenvalue weighted by Gasteiger charge is -2.39. The van der Waals surface area contributed by atoms with Crippen LogP contribution in [0.4, 0.5) is 0 Å². The molecule has 1 amide bonds. The molecule has 0 radical (unpaired) electrons. The van der Waals surface area contributed by atoms with Crippen LogP contribution in [-0.4, -0.2) is 82.0 Å². The molecule has 0 aromatic heterocycles. The van der Waals surface area contributed by atoms with Crippen molar-refractivity contribution in [3.05, 3.63) is 17.7 Å². The molecular weight excluding hydrogens is 396 g/mol. The minimum atomic E-state index is 0.212. The number of aryl methyl sites for hydroxylation is 1. The molecule has 174 valence electrons. The van der Waals surface area contributed by atoms with Gasteiger partial charge in [0, 0.05) is 39.1 Å². The van der Waals surface area contributed by atoms with Crippen LogP contribution in [0.5, 0.6) is 17.2 Å². The second kappa shape index (κ2) is 11.0. The summed E-state index contributed by atoms with van der Waals surface area (Å²) >= 11 is 0. The monoisotopic (exact) mass is 434 g/mol. The van der Waals surface area contributed by atoms with Gasteiger partial charge in [-0.3, -0.25) is 9.69 Å². The van der Waals surface area contributed by atoms with E-state index in [1.807, 2.05) is 17.0 Å². The van der Waals surface area contributed by atoms with Gasteiger partial charge in [-0.15, -0.1) is 0 Å². The Balaban J connectivity index is 1.48. The van der Waals surface area contributed by atoms with Crippen LogP contribution >= 0.6 is 0 Å². The van der Waals surface area contributed by atoms with E-state index in [2.05, 4.69) is 18.7 Å².